The molecule has 114 valence electrons. The van der Waals surface area contributed by atoms with Crippen LogP contribution in [-0.4, -0.2) is 5.78 Å². The SMILES string of the molecule is O=C(c1ccc(Cl)cc1)c1ccc(Sc2ccc(Cl)cc2)cc1. The first-order chi connectivity index (χ1) is 11.1. The minimum atomic E-state index is -0.00953. The molecule has 0 aliphatic rings. The predicted octanol–water partition coefficient (Wildman–Crippen LogP) is 6.38. The summed E-state index contributed by atoms with van der Waals surface area (Å²) in [4.78, 5) is 14.6. The van der Waals surface area contributed by atoms with Gasteiger partial charge in [-0.1, -0.05) is 35.0 Å². The van der Waals surface area contributed by atoms with Crippen molar-refractivity contribution in [1.82, 2.24) is 0 Å². The van der Waals surface area contributed by atoms with Crippen molar-refractivity contribution in [2.75, 3.05) is 0 Å². The van der Waals surface area contributed by atoms with Crippen LogP contribution in [0.5, 0.6) is 0 Å². The van der Waals surface area contributed by atoms with Crippen LogP contribution in [0.2, 0.25) is 10.0 Å². The fraction of sp³-hybridized carbons (Fsp3) is 0. The number of rotatable bonds is 4. The molecule has 0 aliphatic carbocycles. The molecule has 0 amide bonds. The van der Waals surface area contributed by atoms with Crippen molar-refractivity contribution in [2.45, 2.75) is 9.79 Å². The molecular weight excluding hydrogens is 347 g/mol. The largest absolute Gasteiger partial charge is 0.289 e. The quantitative estimate of drug-likeness (QED) is 0.503. The molecule has 4 heteroatoms. The Balaban J connectivity index is 1.75. The zero-order chi connectivity index (χ0) is 16.2. The van der Waals surface area contributed by atoms with Crippen LogP contribution in [0.1, 0.15) is 15.9 Å². The third kappa shape index (κ3) is 4.17. The normalized spacial score (nSPS) is 10.5. The number of carbonyl (C=O) groups excluding carboxylic acids is 1. The zero-order valence-electron chi connectivity index (χ0n) is 12.0. The summed E-state index contributed by atoms with van der Waals surface area (Å²) in [5.74, 6) is -0.00953. The van der Waals surface area contributed by atoms with E-state index in [1.807, 2.05) is 48.5 Å². The Morgan fingerprint density at radius 1 is 0.609 bits per heavy atom. The standard InChI is InChI=1S/C19H12Cl2OS/c20-15-5-1-13(2-6-15)19(22)14-3-9-17(10-4-14)23-18-11-7-16(21)8-12-18/h1-12H. The second-order valence-electron chi connectivity index (χ2n) is 4.92. The maximum atomic E-state index is 12.4. The lowest BCUT2D eigenvalue weighted by molar-refractivity contribution is 0.103. The lowest BCUT2D eigenvalue weighted by atomic mass is 10.0. The average molecular weight is 359 g/mol. The van der Waals surface area contributed by atoms with E-state index in [9.17, 15) is 4.79 Å². The third-order valence-corrected chi connectivity index (χ3v) is 4.79. The Morgan fingerprint density at radius 3 is 1.43 bits per heavy atom. The Labute approximate surface area is 149 Å². The van der Waals surface area contributed by atoms with E-state index in [1.165, 1.54) is 0 Å². The van der Waals surface area contributed by atoms with Gasteiger partial charge in [0.05, 0.1) is 0 Å². The number of benzene rings is 3. The van der Waals surface area contributed by atoms with E-state index in [0.29, 0.717) is 16.1 Å². The first-order valence-electron chi connectivity index (χ1n) is 6.95. The summed E-state index contributed by atoms with van der Waals surface area (Å²) in [6.45, 7) is 0. The number of carbonyl (C=O) groups is 1. The minimum Gasteiger partial charge on any atom is -0.289 e. The lowest BCUT2D eigenvalue weighted by Crippen LogP contribution is -2.00. The molecule has 3 rings (SSSR count). The highest BCUT2D eigenvalue weighted by atomic mass is 35.5. The summed E-state index contributed by atoms with van der Waals surface area (Å²) in [6, 6.07) is 22.2. The number of hydrogen-bond acceptors (Lipinski definition) is 2. The first-order valence-corrected chi connectivity index (χ1v) is 8.53. The van der Waals surface area contributed by atoms with Crippen LogP contribution in [-0.2, 0) is 0 Å². The average Bonchev–Trinajstić information content (AvgIpc) is 2.58. The fourth-order valence-electron chi connectivity index (χ4n) is 2.08. The predicted molar refractivity (Wildman–Crippen MR) is 96.9 cm³/mol. The second-order valence-corrected chi connectivity index (χ2v) is 6.94. The summed E-state index contributed by atoms with van der Waals surface area (Å²) in [6.07, 6.45) is 0. The van der Waals surface area contributed by atoms with Crippen molar-refractivity contribution in [2.24, 2.45) is 0 Å². The van der Waals surface area contributed by atoms with Crippen LogP contribution >= 0.6 is 35.0 Å². The molecule has 0 N–H and O–H groups in total. The molecule has 3 aromatic carbocycles. The van der Waals surface area contributed by atoms with Crippen molar-refractivity contribution in [3.63, 3.8) is 0 Å². The highest BCUT2D eigenvalue weighted by molar-refractivity contribution is 7.99. The van der Waals surface area contributed by atoms with Crippen molar-refractivity contribution in [3.05, 3.63) is 94.0 Å². The third-order valence-electron chi connectivity index (χ3n) is 3.27. The summed E-state index contributed by atoms with van der Waals surface area (Å²) >= 11 is 13.4. The molecule has 0 aliphatic heterocycles. The van der Waals surface area contributed by atoms with Crippen molar-refractivity contribution >= 4 is 40.7 Å². The molecule has 0 atom stereocenters. The summed E-state index contributed by atoms with van der Waals surface area (Å²) < 4.78 is 0. The molecule has 0 aromatic heterocycles. The molecule has 0 spiro atoms. The maximum absolute atomic E-state index is 12.4. The lowest BCUT2D eigenvalue weighted by Gasteiger charge is -2.05. The van der Waals surface area contributed by atoms with Gasteiger partial charge in [-0.25, -0.2) is 0 Å². The molecule has 0 saturated carbocycles. The van der Waals surface area contributed by atoms with Gasteiger partial charge in [-0.05, 0) is 72.8 Å². The number of hydrogen-bond donors (Lipinski definition) is 0. The van der Waals surface area contributed by atoms with E-state index >= 15 is 0 Å². The van der Waals surface area contributed by atoms with Gasteiger partial charge in [0.1, 0.15) is 0 Å². The fourth-order valence-corrected chi connectivity index (χ4v) is 3.15. The smallest absolute Gasteiger partial charge is 0.193 e. The molecule has 0 fully saturated rings. The van der Waals surface area contributed by atoms with E-state index in [-0.39, 0.29) is 5.78 Å². The zero-order valence-corrected chi connectivity index (χ0v) is 14.3. The number of halogens is 2. The highest BCUT2D eigenvalue weighted by Gasteiger charge is 2.09. The van der Waals surface area contributed by atoms with Gasteiger partial charge in [0.25, 0.3) is 0 Å². The molecular formula is C19H12Cl2OS. The topological polar surface area (TPSA) is 17.1 Å². The van der Waals surface area contributed by atoms with Crippen LogP contribution in [0.25, 0.3) is 0 Å². The number of ketones is 1. The minimum absolute atomic E-state index is 0.00953. The molecule has 0 heterocycles. The Bertz CT molecular complexity index is 809. The molecule has 0 unspecified atom stereocenters. The summed E-state index contributed by atoms with van der Waals surface area (Å²) in [5.41, 5.74) is 1.29. The summed E-state index contributed by atoms with van der Waals surface area (Å²) in [5, 5.41) is 1.34. The Hall–Kier alpha value is -1.74. The van der Waals surface area contributed by atoms with Gasteiger partial charge in [0, 0.05) is 31.0 Å². The van der Waals surface area contributed by atoms with Crippen LogP contribution in [0.3, 0.4) is 0 Å². The van der Waals surface area contributed by atoms with Crippen LogP contribution in [0.15, 0.2) is 82.6 Å². The van der Waals surface area contributed by atoms with Gasteiger partial charge < -0.3 is 0 Å². The Kier molecular flexibility index (Phi) is 5.06. The molecule has 0 radical (unpaired) electrons. The van der Waals surface area contributed by atoms with E-state index in [2.05, 4.69) is 0 Å². The van der Waals surface area contributed by atoms with Gasteiger partial charge in [-0.15, -0.1) is 0 Å². The second kappa shape index (κ2) is 7.22. The summed E-state index contributed by atoms with van der Waals surface area (Å²) in [7, 11) is 0. The molecule has 0 bridgehead atoms. The molecule has 23 heavy (non-hydrogen) atoms. The highest BCUT2D eigenvalue weighted by Crippen LogP contribution is 2.29. The van der Waals surface area contributed by atoms with Gasteiger partial charge >= 0.3 is 0 Å². The first kappa shape index (κ1) is 16.1. The van der Waals surface area contributed by atoms with Crippen molar-refractivity contribution < 1.29 is 4.79 Å². The monoisotopic (exact) mass is 358 g/mol. The van der Waals surface area contributed by atoms with E-state index in [0.717, 1.165) is 14.8 Å². The van der Waals surface area contributed by atoms with Crippen LogP contribution < -0.4 is 0 Å². The van der Waals surface area contributed by atoms with E-state index in [1.54, 1.807) is 36.0 Å². The maximum Gasteiger partial charge on any atom is 0.193 e. The van der Waals surface area contributed by atoms with Gasteiger partial charge in [0.15, 0.2) is 5.78 Å². The van der Waals surface area contributed by atoms with E-state index < -0.39 is 0 Å². The van der Waals surface area contributed by atoms with Gasteiger partial charge in [-0.3, -0.25) is 4.79 Å². The van der Waals surface area contributed by atoms with Crippen LogP contribution in [0, 0.1) is 0 Å². The Morgan fingerprint density at radius 2 is 0.957 bits per heavy atom. The van der Waals surface area contributed by atoms with Crippen LogP contribution in [0.4, 0.5) is 0 Å². The van der Waals surface area contributed by atoms with Crippen molar-refractivity contribution in [3.8, 4) is 0 Å². The van der Waals surface area contributed by atoms with Gasteiger partial charge in [0.2, 0.25) is 0 Å². The molecule has 1 nitrogen and oxygen atoms in total. The molecule has 0 saturated heterocycles. The van der Waals surface area contributed by atoms with E-state index in [4.69, 9.17) is 23.2 Å². The van der Waals surface area contributed by atoms with Crippen molar-refractivity contribution in [1.29, 1.82) is 0 Å². The van der Waals surface area contributed by atoms with Gasteiger partial charge in [-0.2, -0.15) is 0 Å². The molecule has 3 aromatic rings.